The third kappa shape index (κ3) is 1.61. The zero-order valence-electron chi connectivity index (χ0n) is 9.39. The molecule has 2 bridgehead atoms. The largest absolute Gasteiger partial charge is 0.388 e. The van der Waals surface area contributed by atoms with Crippen molar-refractivity contribution in [1.29, 1.82) is 0 Å². The summed E-state index contributed by atoms with van der Waals surface area (Å²) < 4.78 is 0. The van der Waals surface area contributed by atoms with Gasteiger partial charge in [0.2, 0.25) is 0 Å². The number of aliphatic hydroxyl groups is 1. The number of aromatic amines is 1. The Morgan fingerprint density at radius 1 is 1.50 bits per heavy atom. The van der Waals surface area contributed by atoms with Crippen LogP contribution in [0.15, 0.2) is 6.20 Å². The number of H-pyrrole nitrogens is 1. The lowest BCUT2D eigenvalue weighted by Crippen LogP contribution is -2.14. The van der Waals surface area contributed by atoms with Gasteiger partial charge in [-0.15, -0.1) is 0 Å². The predicted molar refractivity (Wildman–Crippen MR) is 61.5 cm³/mol. The molecule has 4 nitrogen and oxygen atoms in total. The normalized spacial score (nSPS) is 34.4. The van der Waals surface area contributed by atoms with Crippen LogP contribution < -0.4 is 5.73 Å². The molecule has 4 unspecified atom stereocenters. The Kier molecular flexibility index (Phi) is 2.39. The van der Waals surface area contributed by atoms with Crippen molar-refractivity contribution in [2.24, 2.45) is 17.8 Å². The summed E-state index contributed by atoms with van der Waals surface area (Å²) in [5.74, 6) is 3.00. The molecule has 0 radical (unpaired) electrons. The van der Waals surface area contributed by atoms with Gasteiger partial charge in [-0.3, -0.25) is 5.10 Å². The molecule has 0 aromatic carbocycles. The Hall–Kier alpha value is -1.03. The summed E-state index contributed by atoms with van der Waals surface area (Å²) in [6.45, 7) is 0. The van der Waals surface area contributed by atoms with Gasteiger partial charge in [0.25, 0.3) is 0 Å². The minimum atomic E-state index is -0.442. The number of nitrogens with zero attached hydrogens (tertiary/aromatic N) is 1. The maximum Gasteiger partial charge on any atom is 0.124 e. The summed E-state index contributed by atoms with van der Waals surface area (Å²) in [6.07, 6.45) is 7.52. The lowest BCUT2D eigenvalue weighted by molar-refractivity contribution is 0.126. The molecule has 16 heavy (non-hydrogen) atoms. The van der Waals surface area contributed by atoms with Crippen molar-refractivity contribution >= 4 is 5.82 Å². The van der Waals surface area contributed by atoms with E-state index in [1.54, 1.807) is 6.20 Å². The maximum atomic E-state index is 10.1. The van der Waals surface area contributed by atoms with Crippen molar-refractivity contribution in [3.8, 4) is 0 Å². The monoisotopic (exact) mass is 221 g/mol. The number of nitrogens with two attached hydrogens (primary N) is 1. The van der Waals surface area contributed by atoms with E-state index < -0.39 is 6.10 Å². The molecule has 1 aromatic heterocycles. The van der Waals surface area contributed by atoms with Crippen molar-refractivity contribution in [1.82, 2.24) is 10.2 Å². The molecule has 2 aliphatic carbocycles. The van der Waals surface area contributed by atoms with Gasteiger partial charge in [0.15, 0.2) is 0 Å². The highest BCUT2D eigenvalue weighted by molar-refractivity contribution is 5.38. The van der Waals surface area contributed by atoms with Crippen LogP contribution in [-0.2, 0) is 0 Å². The molecule has 2 fully saturated rings. The predicted octanol–water partition coefficient (Wildman–Crippen LogP) is 1.85. The molecule has 2 saturated carbocycles. The van der Waals surface area contributed by atoms with Crippen molar-refractivity contribution in [3.63, 3.8) is 0 Å². The Morgan fingerprint density at radius 3 is 2.94 bits per heavy atom. The van der Waals surface area contributed by atoms with E-state index >= 15 is 0 Å². The van der Waals surface area contributed by atoms with Crippen molar-refractivity contribution in [2.75, 3.05) is 5.73 Å². The molecule has 0 spiro atoms. The van der Waals surface area contributed by atoms with E-state index in [2.05, 4.69) is 10.2 Å². The zero-order chi connectivity index (χ0) is 11.1. The molecule has 4 atom stereocenters. The van der Waals surface area contributed by atoms with Gasteiger partial charge in [-0.25, -0.2) is 0 Å². The average Bonchev–Trinajstić information content (AvgIpc) is 2.92. The van der Waals surface area contributed by atoms with E-state index in [4.69, 9.17) is 5.73 Å². The first-order valence-electron chi connectivity index (χ1n) is 6.21. The summed E-state index contributed by atoms with van der Waals surface area (Å²) in [4.78, 5) is 0. The summed E-state index contributed by atoms with van der Waals surface area (Å²) in [7, 11) is 0. The highest BCUT2D eigenvalue weighted by Crippen LogP contribution is 2.51. The highest BCUT2D eigenvalue weighted by Gasteiger charge is 2.40. The van der Waals surface area contributed by atoms with Crippen LogP contribution in [0.2, 0.25) is 0 Å². The summed E-state index contributed by atoms with van der Waals surface area (Å²) in [6, 6.07) is 0. The van der Waals surface area contributed by atoms with Crippen LogP contribution in [0, 0.1) is 17.8 Å². The molecule has 0 saturated heterocycles. The van der Waals surface area contributed by atoms with Gasteiger partial charge in [0, 0.05) is 5.56 Å². The first-order valence-corrected chi connectivity index (χ1v) is 6.21. The number of aromatic nitrogens is 2. The number of rotatable bonds is 3. The van der Waals surface area contributed by atoms with Crippen LogP contribution in [0.3, 0.4) is 0 Å². The molecule has 1 aromatic rings. The second-order valence-electron chi connectivity index (χ2n) is 5.43. The summed E-state index contributed by atoms with van der Waals surface area (Å²) in [5, 5.41) is 16.7. The summed E-state index contributed by atoms with van der Waals surface area (Å²) in [5.41, 5.74) is 6.48. The lowest BCUT2D eigenvalue weighted by atomic mass is 9.84. The Labute approximate surface area is 95.2 Å². The third-order valence-electron chi connectivity index (χ3n) is 4.47. The Bertz CT molecular complexity index is 376. The molecule has 0 aliphatic heterocycles. The van der Waals surface area contributed by atoms with Gasteiger partial charge in [-0.05, 0) is 43.4 Å². The number of hydrogen-bond acceptors (Lipinski definition) is 3. The topological polar surface area (TPSA) is 74.9 Å². The molecular formula is C12H19N3O. The number of anilines is 1. The molecule has 1 heterocycles. The first kappa shape index (κ1) is 10.1. The van der Waals surface area contributed by atoms with E-state index in [1.807, 2.05) is 0 Å². The van der Waals surface area contributed by atoms with Gasteiger partial charge in [0.05, 0.1) is 12.3 Å². The minimum Gasteiger partial charge on any atom is -0.388 e. The van der Waals surface area contributed by atoms with Crippen LogP contribution >= 0.6 is 0 Å². The molecule has 88 valence electrons. The molecular weight excluding hydrogens is 202 g/mol. The summed E-state index contributed by atoms with van der Waals surface area (Å²) >= 11 is 0. The van der Waals surface area contributed by atoms with Gasteiger partial charge in [0.1, 0.15) is 5.82 Å². The Balaban J connectivity index is 1.65. The fraction of sp³-hybridized carbons (Fsp3) is 0.750. The zero-order valence-corrected chi connectivity index (χ0v) is 9.39. The first-order chi connectivity index (χ1) is 7.74. The fourth-order valence-corrected chi connectivity index (χ4v) is 3.65. The third-order valence-corrected chi connectivity index (χ3v) is 4.47. The number of nitrogen functional groups attached to an aromatic ring is 1. The SMILES string of the molecule is Nc1[nH]ncc1C(O)CC1CC2CCC1C2. The van der Waals surface area contributed by atoms with Crippen molar-refractivity contribution in [2.45, 2.75) is 38.2 Å². The Morgan fingerprint density at radius 2 is 2.38 bits per heavy atom. The van der Waals surface area contributed by atoms with Crippen molar-refractivity contribution < 1.29 is 5.11 Å². The molecule has 0 amide bonds. The second kappa shape index (κ2) is 3.77. The second-order valence-corrected chi connectivity index (χ2v) is 5.43. The molecule has 3 rings (SSSR count). The lowest BCUT2D eigenvalue weighted by Gasteiger charge is -2.23. The maximum absolute atomic E-state index is 10.1. The van der Waals surface area contributed by atoms with Crippen LogP contribution in [0.1, 0.15) is 43.8 Å². The standard InChI is InChI=1S/C12H19N3O/c13-12-10(6-14-15-12)11(16)5-9-4-7-1-2-8(9)3-7/h6-9,11,16H,1-5H2,(H3,13,14,15). The van der Waals surface area contributed by atoms with Gasteiger partial charge in [-0.1, -0.05) is 6.42 Å². The number of aliphatic hydroxyl groups excluding tert-OH is 1. The van der Waals surface area contributed by atoms with Crippen LogP contribution in [0.4, 0.5) is 5.82 Å². The van der Waals surface area contributed by atoms with Gasteiger partial charge >= 0.3 is 0 Å². The number of hydrogen-bond donors (Lipinski definition) is 3. The van der Waals surface area contributed by atoms with E-state index in [0.29, 0.717) is 11.7 Å². The smallest absolute Gasteiger partial charge is 0.124 e. The number of fused-ring (bicyclic) bond motifs is 2. The minimum absolute atomic E-state index is 0.442. The molecule has 4 heteroatoms. The molecule has 4 N–H and O–H groups in total. The molecule has 2 aliphatic rings. The van der Waals surface area contributed by atoms with Gasteiger partial charge in [-0.2, -0.15) is 5.10 Å². The quantitative estimate of drug-likeness (QED) is 0.729. The fourth-order valence-electron chi connectivity index (χ4n) is 3.65. The van der Waals surface area contributed by atoms with E-state index in [0.717, 1.165) is 23.8 Å². The van der Waals surface area contributed by atoms with Crippen molar-refractivity contribution in [3.05, 3.63) is 11.8 Å². The highest BCUT2D eigenvalue weighted by atomic mass is 16.3. The average molecular weight is 221 g/mol. The van der Waals surface area contributed by atoms with E-state index in [1.165, 1.54) is 25.7 Å². The number of nitrogens with one attached hydrogen (secondary N) is 1. The van der Waals surface area contributed by atoms with Crippen LogP contribution in [0.5, 0.6) is 0 Å². The van der Waals surface area contributed by atoms with E-state index in [9.17, 15) is 5.11 Å². The van der Waals surface area contributed by atoms with Crippen LogP contribution in [0.25, 0.3) is 0 Å². The van der Waals surface area contributed by atoms with E-state index in [-0.39, 0.29) is 0 Å². The van der Waals surface area contributed by atoms with Crippen LogP contribution in [-0.4, -0.2) is 15.3 Å². The van der Waals surface area contributed by atoms with Gasteiger partial charge < -0.3 is 10.8 Å².